The highest BCUT2D eigenvalue weighted by Crippen LogP contribution is 2.39. The van der Waals surface area contributed by atoms with Gasteiger partial charge in [0.15, 0.2) is 0 Å². The second kappa shape index (κ2) is 9.69. The lowest BCUT2D eigenvalue weighted by molar-refractivity contribution is -0.136. The maximum Gasteiger partial charge on any atom is 0.253 e. The van der Waals surface area contributed by atoms with Gasteiger partial charge in [0.25, 0.3) is 5.91 Å². The first-order valence-corrected chi connectivity index (χ1v) is 11.1. The van der Waals surface area contributed by atoms with Crippen molar-refractivity contribution in [1.82, 2.24) is 10.6 Å². The zero-order valence-corrected chi connectivity index (χ0v) is 18.7. The summed E-state index contributed by atoms with van der Waals surface area (Å²) in [6, 6.07) is 24.1. The van der Waals surface area contributed by atoms with Gasteiger partial charge in [0.2, 0.25) is 11.8 Å². The van der Waals surface area contributed by atoms with Crippen LogP contribution >= 0.6 is 0 Å². The van der Waals surface area contributed by atoms with Crippen LogP contribution in [-0.2, 0) is 20.8 Å². The van der Waals surface area contributed by atoms with Gasteiger partial charge in [-0.3, -0.25) is 14.4 Å². The number of carbonyl (C=O) groups is 3. The molecule has 2 atom stereocenters. The maximum atomic E-state index is 13.3. The molecule has 4 rings (SSSR count). The molecule has 0 radical (unpaired) electrons. The van der Waals surface area contributed by atoms with Crippen LogP contribution in [0.25, 0.3) is 11.1 Å². The number of likely N-dealkylation sites (N-methyl/N-ethyl adjacent to an activating group) is 1. The Bertz CT molecular complexity index is 1180. The van der Waals surface area contributed by atoms with E-state index in [1.807, 2.05) is 78.9 Å². The van der Waals surface area contributed by atoms with E-state index in [1.54, 1.807) is 18.9 Å². The highest BCUT2D eigenvalue weighted by atomic mass is 16.2. The van der Waals surface area contributed by atoms with E-state index in [0.29, 0.717) is 18.5 Å². The van der Waals surface area contributed by atoms with Crippen LogP contribution in [0.4, 0.5) is 5.69 Å². The predicted molar refractivity (Wildman–Crippen MR) is 128 cm³/mol. The molecule has 3 aromatic rings. The first kappa shape index (κ1) is 22.3. The summed E-state index contributed by atoms with van der Waals surface area (Å²) in [5.41, 5.74) is 4.41. The van der Waals surface area contributed by atoms with Crippen LogP contribution < -0.4 is 15.5 Å². The molecule has 0 spiro atoms. The van der Waals surface area contributed by atoms with Crippen LogP contribution in [0.2, 0.25) is 0 Å². The molecule has 0 aliphatic carbocycles. The maximum absolute atomic E-state index is 13.3. The Balaban J connectivity index is 1.49. The topological polar surface area (TPSA) is 78.5 Å². The van der Waals surface area contributed by atoms with Gasteiger partial charge in [0.1, 0.15) is 12.0 Å². The molecule has 0 aromatic heterocycles. The van der Waals surface area contributed by atoms with E-state index in [4.69, 9.17) is 0 Å². The van der Waals surface area contributed by atoms with E-state index < -0.39 is 17.9 Å². The van der Waals surface area contributed by atoms with Crippen molar-refractivity contribution in [3.8, 4) is 11.1 Å². The number of carbonyl (C=O) groups excluding carboxylic acids is 3. The molecule has 0 saturated heterocycles. The number of nitrogens with zero attached hydrogens (tertiary/aromatic N) is 1. The molecule has 3 amide bonds. The van der Waals surface area contributed by atoms with Gasteiger partial charge in [-0.15, -0.1) is 0 Å². The third-order valence-corrected chi connectivity index (χ3v) is 6.03. The second-order valence-corrected chi connectivity index (χ2v) is 8.19. The van der Waals surface area contributed by atoms with Gasteiger partial charge < -0.3 is 15.5 Å². The molecule has 6 heteroatoms. The summed E-state index contributed by atoms with van der Waals surface area (Å²) in [6.07, 6.45) is 0.679. The van der Waals surface area contributed by atoms with E-state index in [-0.39, 0.29) is 11.8 Å². The fraction of sp³-hybridized carbons (Fsp3) is 0.222. The molecule has 0 bridgehead atoms. The minimum atomic E-state index is -0.934. The molecule has 2 unspecified atom stereocenters. The van der Waals surface area contributed by atoms with Crippen molar-refractivity contribution < 1.29 is 14.4 Å². The van der Waals surface area contributed by atoms with Crippen molar-refractivity contribution in [2.24, 2.45) is 5.92 Å². The van der Waals surface area contributed by atoms with Crippen LogP contribution in [0.1, 0.15) is 24.1 Å². The molecule has 0 saturated carbocycles. The highest BCUT2D eigenvalue weighted by Gasteiger charge is 2.34. The van der Waals surface area contributed by atoms with Crippen LogP contribution in [0.15, 0.2) is 78.9 Å². The summed E-state index contributed by atoms with van der Waals surface area (Å²) in [7, 11) is 1.70. The molecule has 3 aromatic carbocycles. The molecule has 33 heavy (non-hydrogen) atoms. The number of rotatable bonds is 6. The molecule has 168 valence electrons. The first-order valence-electron chi connectivity index (χ1n) is 11.1. The summed E-state index contributed by atoms with van der Waals surface area (Å²) in [5, 5.41) is 5.65. The second-order valence-electron chi connectivity index (χ2n) is 8.19. The minimum absolute atomic E-state index is 0.252. The number of nitrogens with one attached hydrogen (secondary N) is 2. The van der Waals surface area contributed by atoms with Crippen molar-refractivity contribution in [3.63, 3.8) is 0 Å². The number of hydrogen-bond acceptors (Lipinski definition) is 3. The smallest absolute Gasteiger partial charge is 0.253 e. The Kier molecular flexibility index (Phi) is 6.54. The van der Waals surface area contributed by atoms with E-state index in [0.717, 1.165) is 22.4 Å². The third-order valence-electron chi connectivity index (χ3n) is 6.03. The van der Waals surface area contributed by atoms with Gasteiger partial charge in [0, 0.05) is 19.2 Å². The number of amides is 3. The van der Waals surface area contributed by atoms with E-state index in [2.05, 4.69) is 10.6 Å². The molecule has 6 nitrogen and oxygen atoms in total. The average molecular weight is 442 g/mol. The van der Waals surface area contributed by atoms with Gasteiger partial charge in [-0.1, -0.05) is 72.8 Å². The fourth-order valence-electron chi connectivity index (χ4n) is 4.09. The van der Waals surface area contributed by atoms with E-state index in [9.17, 15) is 14.4 Å². The van der Waals surface area contributed by atoms with Crippen LogP contribution in [0.3, 0.4) is 0 Å². The Morgan fingerprint density at radius 2 is 1.52 bits per heavy atom. The fourth-order valence-corrected chi connectivity index (χ4v) is 4.09. The van der Waals surface area contributed by atoms with Crippen molar-refractivity contribution >= 4 is 23.4 Å². The number of benzene rings is 3. The summed E-state index contributed by atoms with van der Waals surface area (Å²) < 4.78 is 0. The number of para-hydroxylation sites is 1. The number of hydrogen-bond donors (Lipinski definition) is 2. The largest absolute Gasteiger partial charge is 0.355 e. The summed E-state index contributed by atoms with van der Waals surface area (Å²) in [4.78, 5) is 40.5. The standard InChI is InChI=1S/C27H27N3O3/c1-18(25(31)28-17-16-19-10-4-3-5-11-19)26(32)29-24-22-14-7-6-12-20(22)21-13-8-9-15-23(21)30(2)27(24)33/h3-15,18,24H,16-17H2,1-2H3,(H,28,31)(H,29,32). The lowest BCUT2D eigenvalue weighted by atomic mass is 9.95. The van der Waals surface area contributed by atoms with Gasteiger partial charge >= 0.3 is 0 Å². The zero-order chi connectivity index (χ0) is 23.4. The van der Waals surface area contributed by atoms with Crippen molar-refractivity contribution in [1.29, 1.82) is 0 Å². The number of anilines is 1. The molecule has 1 aliphatic rings. The SMILES string of the molecule is CC(C(=O)NCCc1ccccc1)C(=O)NC1C(=O)N(C)c2ccccc2-c2ccccc21. The van der Waals surface area contributed by atoms with Crippen LogP contribution in [-0.4, -0.2) is 31.3 Å². The van der Waals surface area contributed by atoms with Gasteiger partial charge in [-0.05, 0) is 36.1 Å². The minimum Gasteiger partial charge on any atom is -0.355 e. The van der Waals surface area contributed by atoms with Gasteiger partial charge in [0.05, 0.1) is 5.69 Å². The molecular formula is C27H27N3O3. The van der Waals surface area contributed by atoms with Crippen molar-refractivity contribution in [2.75, 3.05) is 18.5 Å². The summed E-state index contributed by atoms with van der Waals surface area (Å²) in [6.45, 7) is 1.99. The lowest BCUT2D eigenvalue weighted by Crippen LogP contribution is -2.46. The Morgan fingerprint density at radius 3 is 2.27 bits per heavy atom. The average Bonchev–Trinajstić information content (AvgIpc) is 2.94. The highest BCUT2D eigenvalue weighted by molar-refractivity contribution is 6.07. The van der Waals surface area contributed by atoms with Crippen molar-refractivity contribution in [3.05, 3.63) is 90.0 Å². The monoisotopic (exact) mass is 441 g/mol. The lowest BCUT2D eigenvalue weighted by Gasteiger charge is -2.24. The van der Waals surface area contributed by atoms with Crippen LogP contribution in [0, 0.1) is 5.92 Å². The first-order chi connectivity index (χ1) is 16.0. The molecule has 0 fully saturated rings. The predicted octanol–water partition coefficient (Wildman–Crippen LogP) is 3.48. The Labute approximate surface area is 193 Å². The normalized spacial score (nSPS) is 15.6. The molecule has 2 N–H and O–H groups in total. The summed E-state index contributed by atoms with van der Waals surface area (Å²) >= 11 is 0. The zero-order valence-electron chi connectivity index (χ0n) is 18.7. The van der Waals surface area contributed by atoms with E-state index >= 15 is 0 Å². The van der Waals surface area contributed by atoms with Crippen molar-refractivity contribution in [2.45, 2.75) is 19.4 Å². The molecule has 1 aliphatic heterocycles. The quantitative estimate of drug-likeness (QED) is 0.575. The molecular weight excluding hydrogens is 414 g/mol. The Hall–Kier alpha value is -3.93. The van der Waals surface area contributed by atoms with Crippen LogP contribution in [0.5, 0.6) is 0 Å². The van der Waals surface area contributed by atoms with Gasteiger partial charge in [-0.2, -0.15) is 0 Å². The summed E-state index contributed by atoms with van der Waals surface area (Å²) in [5.74, 6) is -2.04. The van der Waals surface area contributed by atoms with E-state index in [1.165, 1.54) is 0 Å². The molecule has 1 heterocycles. The Morgan fingerprint density at radius 1 is 0.879 bits per heavy atom. The third kappa shape index (κ3) is 4.65. The van der Waals surface area contributed by atoms with Gasteiger partial charge in [-0.25, -0.2) is 0 Å². The number of fused-ring (bicyclic) bond motifs is 3.